The molecule has 1 aromatic rings. The molecule has 0 aliphatic carbocycles. The van der Waals surface area contributed by atoms with Gasteiger partial charge in [0.05, 0.1) is 7.11 Å². The van der Waals surface area contributed by atoms with E-state index in [0.717, 1.165) is 31.7 Å². The lowest BCUT2D eigenvalue weighted by Gasteiger charge is -2.31. The van der Waals surface area contributed by atoms with Crippen LogP contribution in [0.3, 0.4) is 0 Å². The van der Waals surface area contributed by atoms with Gasteiger partial charge in [-0.25, -0.2) is 0 Å². The quantitative estimate of drug-likeness (QED) is 0.595. The molecule has 1 aromatic carbocycles. The Hall–Kier alpha value is -2.27. The van der Waals surface area contributed by atoms with Crippen LogP contribution in [0.5, 0.6) is 11.5 Å². The van der Waals surface area contributed by atoms with Gasteiger partial charge in [-0.3, -0.25) is 4.79 Å². The minimum Gasteiger partial charge on any atom is -0.493 e. The summed E-state index contributed by atoms with van der Waals surface area (Å²) in [6.07, 6.45) is 5.10. The SMILES string of the molecule is C=CCOc1ccc(C=CC(=O)N2CCN(C)CC2)cc1OC. The molecule has 0 N–H and O–H groups in total. The fourth-order valence-corrected chi connectivity index (χ4v) is 2.36. The number of amides is 1. The van der Waals surface area contributed by atoms with E-state index < -0.39 is 0 Å². The van der Waals surface area contributed by atoms with Crippen LogP contribution in [-0.4, -0.2) is 62.7 Å². The second kappa shape index (κ2) is 8.39. The van der Waals surface area contributed by atoms with E-state index in [2.05, 4.69) is 18.5 Å². The van der Waals surface area contributed by atoms with Gasteiger partial charge in [-0.05, 0) is 30.8 Å². The third-order valence-corrected chi connectivity index (χ3v) is 3.78. The van der Waals surface area contributed by atoms with Gasteiger partial charge in [-0.2, -0.15) is 0 Å². The van der Waals surface area contributed by atoms with Gasteiger partial charge in [0.2, 0.25) is 5.91 Å². The number of piperazine rings is 1. The van der Waals surface area contributed by atoms with Crippen LogP contribution in [0.25, 0.3) is 6.08 Å². The molecule has 1 aliphatic heterocycles. The highest BCUT2D eigenvalue weighted by molar-refractivity contribution is 5.92. The minimum atomic E-state index is 0.0454. The van der Waals surface area contributed by atoms with Crippen molar-refractivity contribution in [3.63, 3.8) is 0 Å². The lowest BCUT2D eigenvalue weighted by Crippen LogP contribution is -2.46. The van der Waals surface area contributed by atoms with E-state index in [-0.39, 0.29) is 5.91 Å². The topological polar surface area (TPSA) is 42.0 Å². The lowest BCUT2D eigenvalue weighted by atomic mass is 10.2. The zero-order valence-corrected chi connectivity index (χ0v) is 13.8. The van der Waals surface area contributed by atoms with Crippen molar-refractivity contribution in [2.24, 2.45) is 0 Å². The summed E-state index contributed by atoms with van der Waals surface area (Å²) in [5, 5.41) is 0. The van der Waals surface area contributed by atoms with Gasteiger partial charge in [0, 0.05) is 32.3 Å². The number of nitrogens with zero attached hydrogens (tertiary/aromatic N) is 2. The molecule has 5 nitrogen and oxygen atoms in total. The maximum atomic E-state index is 12.2. The fourth-order valence-electron chi connectivity index (χ4n) is 2.36. The summed E-state index contributed by atoms with van der Waals surface area (Å²) in [4.78, 5) is 16.3. The van der Waals surface area contributed by atoms with Crippen molar-refractivity contribution in [3.8, 4) is 11.5 Å². The Bertz CT molecular complexity index is 576. The van der Waals surface area contributed by atoms with Crippen molar-refractivity contribution in [2.75, 3.05) is 46.9 Å². The summed E-state index contributed by atoms with van der Waals surface area (Å²) < 4.78 is 10.8. The number of benzene rings is 1. The fraction of sp³-hybridized carbons (Fsp3) is 0.389. The van der Waals surface area contributed by atoms with Crippen LogP contribution >= 0.6 is 0 Å². The first-order valence-corrected chi connectivity index (χ1v) is 7.71. The summed E-state index contributed by atoms with van der Waals surface area (Å²) in [6, 6.07) is 5.59. The summed E-state index contributed by atoms with van der Waals surface area (Å²) in [5.41, 5.74) is 0.898. The molecule has 1 fully saturated rings. The van der Waals surface area contributed by atoms with Crippen LogP contribution < -0.4 is 9.47 Å². The highest BCUT2D eigenvalue weighted by Gasteiger charge is 2.16. The second-order valence-electron chi connectivity index (χ2n) is 5.47. The van der Waals surface area contributed by atoms with Crippen molar-refractivity contribution >= 4 is 12.0 Å². The third kappa shape index (κ3) is 4.86. The Morgan fingerprint density at radius 2 is 2.00 bits per heavy atom. The summed E-state index contributed by atoms with van der Waals surface area (Å²) >= 11 is 0. The molecular formula is C18H24N2O3. The number of ether oxygens (including phenoxy) is 2. The first-order valence-electron chi connectivity index (χ1n) is 7.71. The van der Waals surface area contributed by atoms with Crippen LogP contribution in [0.1, 0.15) is 5.56 Å². The molecule has 5 heteroatoms. The number of hydrogen-bond acceptors (Lipinski definition) is 4. The van der Waals surface area contributed by atoms with E-state index in [9.17, 15) is 4.79 Å². The molecule has 2 rings (SSSR count). The number of carbonyl (C=O) groups excluding carboxylic acids is 1. The van der Waals surface area contributed by atoms with E-state index >= 15 is 0 Å². The largest absolute Gasteiger partial charge is 0.493 e. The van der Waals surface area contributed by atoms with Crippen molar-refractivity contribution in [2.45, 2.75) is 0 Å². The van der Waals surface area contributed by atoms with Gasteiger partial charge in [-0.15, -0.1) is 0 Å². The van der Waals surface area contributed by atoms with Crippen molar-refractivity contribution in [1.29, 1.82) is 0 Å². The molecule has 124 valence electrons. The van der Waals surface area contributed by atoms with Crippen LogP contribution in [0, 0.1) is 0 Å². The lowest BCUT2D eigenvalue weighted by molar-refractivity contribution is -0.127. The molecule has 1 saturated heterocycles. The standard InChI is InChI=1S/C18H24N2O3/c1-4-13-23-16-7-5-15(14-17(16)22-3)6-8-18(21)20-11-9-19(2)10-12-20/h4-8,14H,1,9-13H2,2-3H3. The third-order valence-electron chi connectivity index (χ3n) is 3.78. The smallest absolute Gasteiger partial charge is 0.246 e. The molecule has 0 radical (unpaired) electrons. The van der Waals surface area contributed by atoms with E-state index in [0.29, 0.717) is 18.1 Å². The Labute approximate surface area is 137 Å². The van der Waals surface area contributed by atoms with Crippen LogP contribution in [0.15, 0.2) is 36.9 Å². The van der Waals surface area contributed by atoms with Crippen molar-refractivity contribution < 1.29 is 14.3 Å². The van der Waals surface area contributed by atoms with Crippen molar-refractivity contribution in [3.05, 3.63) is 42.5 Å². The minimum absolute atomic E-state index is 0.0454. The molecule has 0 bridgehead atoms. The van der Waals surface area contributed by atoms with Gasteiger partial charge in [0.15, 0.2) is 11.5 Å². The zero-order chi connectivity index (χ0) is 16.7. The second-order valence-corrected chi connectivity index (χ2v) is 5.47. The number of likely N-dealkylation sites (N-methyl/N-ethyl adjacent to an activating group) is 1. The Morgan fingerprint density at radius 1 is 1.26 bits per heavy atom. The highest BCUT2D eigenvalue weighted by Crippen LogP contribution is 2.28. The van der Waals surface area contributed by atoms with E-state index in [1.54, 1.807) is 25.3 Å². The van der Waals surface area contributed by atoms with Crippen LogP contribution in [-0.2, 0) is 4.79 Å². The molecule has 1 aliphatic rings. The molecule has 0 atom stereocenters. The average Bonchev–Trinajstić information content (AvgIpc) is 2.58. The Balaban J connectivity index is 2.01. The molecule has 1 heterocycles. The molecule has 23 heavy (non-hydrogen) atoms. The van der Waals surface area contributed by atoms with E-state index in [1.165, 1.54) is 0 Å². The molecule has 0 spiro atoms. The van der Waals surface area contributed by atoms with Gasteiger partial charge >= 0.3 is 0 Å². The first kappa shape index (κ1) is 17.1. The molecule has 0 saturated carbocycles. The summed E-state index contributed by atoms with van der Waals surface area (Å²) in [7, 11) is 3.67. The monoisotopic (exact) mass is 316 g/mol. The highest BCUT2D eigenvalue weighted by atomic mass is 16.5. The zero-order valence-electron chi connectivity index (χ0n) is 13.8. The average molecular weight is 316 g/mol. The Morgan fingerprint density at radius 3 is 2.65 bits per heavy atom. The van der Waals surface area contributed by atoms with Gasteiger partial charge in [-0.1, -0.05) is 18.7 Å². The number of carbonyl (C=O) groups is 1. The van der Waals surface area contributed by atoms with Crippen LogP contribution in [0.2, 0.25) is 0 Å². The van der Waals surface area contributed by atoms with Crippen LogP contribution in [0.4, 0.5) is 0 Å². The summed E-state index contributed by atoms with van der Waals surface area (Å²) in [5.74, 6) is 1.35. The van der Waals surface area contributed by atoms with Gasteiger partial charge < -0.3 is 19.3 Å². The predicted octanol–water partition coefficient (Wildman–Crippen LogP) is 2.05. The maximum Gasteiger partial charge on any atom is 0.246 e. The molecule has 1 amide bonds. The maximum absolute atomic E-state index is 12.2. The molecular weight excluding hydrogens is 292 g/mol. The Kier molecular flexibility index (Phi) is 6.23. The normalized spacial score (nSPS) is 15.7. The van der Waals surface area contributed by atoms with Gasteiger partial charge in [0.25, 0.3) is 0 Å². The van der Waals surface area contributed by atoms with Crippen molar-refractivity contribution in [1.82, 2.24) is 9.80 Å². The van der Waals surface area contributed by atoms with E-state index in [4.69, 9.17) is 9.47 Å². The predicted molar refractivity (Wildman–Crippen MR) is 91.8 cm³/mol. The first-order chi connectivity index (χ1) is 11.1. The summed E-state index contributed by atoms with van der Waals surface area (Å²) in [6.45, 7) is 7.44. The number of methoxy groups -OCH3 is 1. The number of rotatable bonds is 6. The molecule has 0 aromatic heterocycles. The van der Waals surface area contributed by atoms with Gasteiger partial charge in [0.1, 0.15) is 6.61 Å². The van der Waals surface area contributed by atoms with E-state index in [1.807, 2.05) is 23.1 Å². The number of hydrogen-bond donors (Lipinski definition) is 0. The molecule has 0 unspecified atom stereocenters.